The monoisotopic (exact) mass is 381 g/mol. The van der Waals surface area contributed by atoms with Crippen LogP contribution in [0, 0.1) is 0 Å². The highest BCUT2D eigenvalue weighted by Crippen LogP contribution is 2.31. The van der Waals surface area contributed by atoms with E-state index in [1.165, 1.54) is 0 Å². The summed E-state index contributed by atoms with van der Waals surface area (Å²) in [6.07, 6.45) is 4.59. The van der Waals surface area contributed by atoms with Crippen molar-refractivity contribution in [3.05, 3.63) is 12.3 Å². The van der Waals surface area contributed by atoms with Gasteiger partial charge in [0.25, 0.3) is 0 Å². The van der Waals surface area contributed by atoms with Crippen LogP contribution in [0.5, 0.6) is 0 Å². The molecule has 0 N–H and O–H groups in total. The third-order valence-electron chi connectivity index (χ3n) is 5.16. The van der Waals surface area contributed by atoms with Crippen molar-refractivity contribution in [1.29, 1.82) is 0 Å². The van der Waals surface area contributed by atoms with Gasteiger partial charge in [0.2, 0.25) is 5.95 Å². The fourth-order valence-electron chi connectivity index (χ4n) is 3.72. The van der Waals surface area contributed by atoms with E-state index in [-0.39, 0.29) is 0 Å². The van der Waals surface area contributed by atoms with Crippen LogP contribution >= 0.6 is 0 Å². The molecule has 5 heterocycles. The number of aromatic nitrogens is 6. The van der Waals surface area contributed by atoms with Crippen molar-refractivity contribution in [3.63, 3.8) is 0 Å². The molecule has 0 radical (unpaired) electrons. The lowest BCUT2D eigenvalue weighted by Crippen LogP contribution is -2.37. The van der Waals surface area contributed by atoms with Gasteiger partial charge in [0, 0.05) is 52.1 Å². The maximum absolute atomic E-state index is 5.53. The minimum atomic E-state index is 0.619. The van der Waals surface area contributed by atoms with Crippen molar-refractivity contribution in [2.24, 2.45) is 12.1 Å². The van der Waals surface area contributed by atoms with E-state index in [2.05, 4.69) is 26.6 Å². The van der Waals surface area contributed by atoms with E-state index in [0.717, 1.165) is 61.1 Å². The smallest absolute Gasteiger partial charge is 0.250 e. The van der Waals surface area contributed by atoms with Crippen LogP contribution in [0.2, 0.25) is 0 Å². The number of rotatable bonds is 4. The molecular weight excluding hydrogens is 358 g/mol. The molecule has 0 saturated carbocycles. The molecular formula is C18H23N9O. The van der Waals surface area contributed by atoms with Crippen molar-refractivity contribution in [3.8, 4) is 11.5 Å². The summed E-state index contributed by atoms with van der Waals surface area (Å²) in [5.74, 6) is 2.32. The molecule has 0 aromatic carbocycles. The van der Waals surface area contributed by atoms with E-state index in [1.54, 1.807) is 6.20 Å². The lowest BCUT2D eigenvalue weighted by molar-refractivity contribution is 0.122. The molecule has 0 unspecified atom stereocenters. The van der Waals surface area contributed by atoms with Gasteiger partial charge in [-0.2, -0.15) is 20.2 Å². The molecule has 10 heteroatoms. The average Bonchev–Trinajstić information content (AvgIpc) is 3.47. The van der Waals surface area contributed by atoms with Crippen LogP contribution in [0.4, 0.5) is 11.8 Å². The second-order valence-electron chi connectivity index (χ2n) is 6.85. The average molecular weight is 381 g/mol. The summed E-state index contributed by atoms with van der Waals surface area (Å²) in [4.78, 5) is 16.9. The Balaban J connectivity index is 1.74. The Hall–Kier alpha value is -3.01. The number of anilines is 2. The Kier molecular flexibility index (Phi) is 4.19. The highest BCUT2D eigenvalue weighted by molar-refractivity contribution is 5.88. The Labute approximate surface area is 162 Å². The van der Waals surface area contributed by atoms with Crippen molar-refractivity contribution < 1.29 is 4.74 Å². The van der Waals surface area contributed by atoms with Crippen LogP contribution in [-0.4, -0.2) is 68.4 Å². The number of ether oxygens (including phenoxy) is 1. The van der Waals surface area contributed by atoms with E-state index < -0.39 is 0 Å². The highest BCUT2D eigenvalue weighted by atomic mass is 16.5. The van der Waals surface area contributed by atoms with Crippen molar-refractivity contribution in [2.45, 2.75) is 19.9 Å². The van der Waals surface area contributed by atoms with E-state index in [9.17, 15) is 0 Å². The summed E-state index contributed by atoms with van der Waals surface area (Å²) in [5.41, 5.74) is 2.59. The standard InChI is InChI=1S/C18H23N9O/c1-3-26-15(13-5-7-19-24(13)2)21-14-16(25-9-11-28-12-10-25)22-18(23-17(14)26)27-8-4-6-20-27/h5-7H,3-4,8-12H2,1-2H3. The van der Waals surface area contributed by atoms with Gasteiger partial charge in [-0.3, -0.25) is 4.68 Å². The second kappa shape index (κ2) is 6.86. The fraction of sp³-hybridized carbons (Fsp3) is 0.500. The lowest BCUT2D eigenvalue weighted by Gasteiger charge is -2.28. The molecule has 0 atom stereocenters. The lowest BCUT2D eigenvalue weighted by atomic mass is 10.3. The molecule has 0 amide bonds. The van der Waals surface area contributed by atoms with Gasteiger partial charge in [0.1, 0.15) is 5.69 Å². The van der Waals surface area contributed by atoms with Crippen LogP contribution in [0.1, 0.15) is 13.3 Å². The van der Waals surface area contributed by atoms with Gasteiger partial charge >= 0.3 is 0 Å². The number of morpholine rings is 1. The van der Waals surface area contributed by atoms with E-state index >= 15 is 0 Å². The Morgan fingerprint density at radius 2 is 1.96 bits per heavy atom. The van der Waals surface area contributed by atoms with E-state index in [0.29, 0.717) is 19.2 Å². The zero-order chi connectivity index (χ0) is 19.1. The highest BCUT2D eigenvalue weighted by Gasteiger charge is 2.25. The number of nitrogens with zero attached hydrogens (tertiary/aromatic N) is 9. The molecule has 1 saturated heterocycles. The van der Waals surface area contributed by atoms with Crippen LogP contribution < -0.4 is 9.91 Å². The van der Waals surface area contributed by atoms with Gasteiger partial charge in [-0.15, -0.1) is 0 Å². The fourth-order valence-corrected chi connectivity index (χ4v) is 3.72. The first-order valence-electron chi connectivity index (χ1n) is 9.65. The Bertz CT molecular complexity index is 1030. The Morgan fingerprint density at radius 3 is 2.64 bits per heavy atom. The molecule has 3 aromatic rings. The van der Waals surface area contributed by atoms with Gasteiger partial charge in [0.05, 0.1) is 13.2 Å². The molecule has 1 fully saturated rings. The van der Waals surface area contributed by atoms with E-state index in [4.69, 9.17) is 19.7 Å². The predicted molar refractivity (Wildman–Crippen MR) is 107 cm³/mol. The number of fused-ring (bicyclic) bond motifs is 1. The number of hydrogen-bond donors (Lipinski definition) is 0. The van der Waals surface area contributed by atoms with Crippen LogP contribution in [0.25, 0.3) is 22.7 Å². The van der Waals surface area contributed by atoms with Crippen molar-refractivity contribution in [1.82, 2.24) is 29.3 Å². The molecule has 28 heavy (non-hydrogen) atoms. The first-order valence-corrected chi connectivity index (χ1v) is 9.65. The van der Waals surface area contributed by atoms with Gasteiger partial charge in [-0.1, -0.05) is 0 Å². The molecule has 2 aliphatic heterocycles. The molecule has 0 bridgehead atoms. The normalized spacial score (nSPS) is 17.2. The molecule has 146 valence electrons. The third-order valence-corrected chi connectivity index (χ3v) is 5.16. The van der Waals surface area contributed by atoms with Crippen LogP contribution in [-0.2, 0) is 18.3 Å². The predicted octanol–water partition coefficient (Wildman–Crippen LogP) is 1.28. The van der Waals surface area contributed by atoms with E-state index in [1.807, 2.05) is 29.0 Å². The number of hydrazone groups is 1. The Morgan fingerprint density at radius 1 is 1.11 bits per heavy atom. The maximum atomic E-state index is 5.53. The SMILES string of the molecule is CCn1c(-c2ccnn2C)nc2c(N3CCOCC3)nc(N3CCC=N3)nc21. The van der Waals surface area contributed by atoms with Crippen LogP contribution in [0.15, 0.2) is 17.4 Å². The number of hydrogen-bond acceptors (Lipinski definition) is 8. The van der Waals surface area contributed by atoms with Gasteiger partial charge in [0.15, 0.2) is 22.8 Å². The summed E-state index contributed by atoms with van der Waals surface area (Å²) in [6.45, 7) is 6.59. The summed E-state index contributed by atoms with van der Waals surface area (Å²) in [7, 11) is 1.92. The van der Waals surface area contributed by atoms with Crippen molar-refractivity contribution in [2.75, 3.05) is 42.8 Å². The zero-order valence-electron chi connectivity index (χ0n) is 16.1. The molecule has 5 rings (SSSR count). The van der Waals surface area contributed by atoms with Gasteiger partial charge in [-0.05, 0) is 13.0 Å². The zero-order valence-corrected chi connectivity index (χ0v) is 16.1. The summed E-state index contributed by atoms with van der Waals surface area (Å²) >= 11 is 0. The summed E-state index contributed by atoms with van der Waals surface area (Å²) in [5, 5.41) is 10.6. The summed E-state index contributed by atoms with van der Waals surface area (Å²) < 4.78 is 9.49. The van der Waals surface area contributed by atoms with Crippen LogP contribution in [0.3, 0.4) is 0 Å². The quantitative estimate of drug-likeness (QED) is 0.672. The first kappa shape index (κ1) is 17.1. The third kappa shape index (κ3) is 2.71. The second-order valence-corrected chi connectivity index (χ2v) is 6.85. The molecule has 0 aliphatic carbocycles. The topological polar surface area (TPSA) is 89.5 Å². The molecule has 10 nitrogen and oxygen atoms in total. The van der Waals surface area contributed by atoms with Gasteiger partial charge in [-0.25, -0.2) is 9.99 Å². The largest absolute Gasteiger partial charge is 0.378 e. The molecule has 0 spiro atoms. The number of aryl methyl sites for hydroxylation is 2. The molecule has 2 aliphatic rings. The maximum Gasteiger partial charge on any atom is 0.250 e. The number of imidazole rings is 1. The first-order chi connectivity index (χ1) is 13.8. The minimum absolute atomic E-state index is 0.619. The molecule has 3 aromatic heterocycles. The minimum Gasteiger partial charge on any atom is -0.378 e. The van der Waals surface area contributed by atoms with Gasteiger partial charge < -0.3 is 14.2 Å². The van der Waals surface area contributed by atoms with Crippen molar-refractivity contribution >= 4 is 29.1 Å². The summed E-state index contributed by atoms with van der Waals surface area (Å²) in [6, 6.07) is 1.97.